The van der Waals surface area contributed by atoms with Crippen LogP contribution in [0.4, 0.5) is 14.9 Å². The number of anilines is 1. The lowest BCUT2D eigenvalue weighted by Gasteiger charge is -2.25. The zero-order valence-electron chi connectivity index (χ0n) is 16.6. The second-order valence-electron chi connectivity index (χ2n) is 7.52. The monoisotopic (exact) mass is 424 g/mol. The fourth-order valence-corrected chi connectivity index (χ4v) is 4.00. The number of rotatable bonds is 6. The van der Waals surface area contributed by atoms with Crippen LogP contribution < -0.4 is 15.5 Å². The number of hydrogen-bond acceptors (Lipinski definition) is 4. The summed E-state index contributed by atoms with van der Waals surface area (Å²) in [6, 6.07) is 9.91. The fourth-order valence-electron chi connectivity index (χ4n) is 4.00. The van der Waals surface area contributed by atoms with Gasteiger partial charge in [-0.1, -0.05) is 18.2 Å². The van der Waals surface area contributed by atoms with E-state index >= 15 is 0 Å². The standard InChI is InChI=1S/C22H21FN4O4/c23-16-6-3-15-11-26(21(30)18(15)10-16)12-19(25-22(31)24-13-28)14-4-7-17(8-5-14)27-9-1-2-20(27)29/h3-8,10,13,19H,1-2,9,11-12H2,(H2,24,25,28,31)/t19-/m0/s1. The predicted octanol–water partition coefficient (Wildman–Crippen LogP) is 2.11. The molecule has 0 saturated carbocycles. The Morgan fingerprint density at radius 1 is 1.16 bits per heavy atom. The molecule has 2 aromatic carbocycles. The summed E-state index contributed by atoms with van der Waals surface area (Å²) in [7, 11) is 0. The molecule has 4 rings (SSSR count). The molecule has 1 saturated heterocycles. The van der Waals surface area contributed by atoms with E-state index in [1.54, 1.807) is 35.2 Å². The van der Waals surface area contributed by atoms with E-state index in [2.05, 4.69) is 5.32 Å². The molecule has 31 heavy (non-hydrogen) atoms. The Kier molecular flexibility index (Phi) is 5.66. The van der Waals surface area contributed by atoms with Crippen LogP contribution >= 0.6 is 0 Å². The topological polar surface area (TPSA) is 98.8 Å². The normalized spacial score (nSPS) is 16.3. The molecule has 1 atom stereocenters. The summed E-state index contributed by atoms with van der Waals surface area (Å²) in [5.41, 5.74) is 2.48. The van der Waals surface area contributed by atoms with Crippen LogP contribution in [0.15, 0.2) is 42.5 Å². The van der Waals surface area contributed by atoms with E-state index < -0.39 is 17.9 Å². The molecule has 5 amide bonds. The first-order chi connectivity index (χ1) is 15.0. The van der Waals surface area contributed by atoms with Gasteiger partial charge in [-0.3, -0.25) is 19.7 Å². The van der Waals surface area contributed by atoms with Crippen molar-refractivity contribution in [1.82, 2.24) is 15.5 Å². The zero-order valence-corrected chi connectivity index (χ0v) is 16.6. The van der Waals surface area contributed by atoms with Gasteiger partial charge in [0.05, 0.1) is 6.04 Å². The van der Waals surface area contributed by atoms with E-state index in [1.165, 1.54) is 17.0 Å². The molecule has 2 aliphatic rings. The highest BCUT2D eigenvalue weighted by molar-refractivity contribution is 5.98. The van der Waals surface area contributed by atoms with Crippen LogP contribution in [0.25, 0.3) is 0 Å². The van der Waals surface area contributed by atoms with Crippen LogP contribution in [0.2, 0.25) is 0 Å². The molecule has 2 N–H and O–H groups in total. The van der Waals surface area contributed by atoms with Gasteiger partial charge in [-0.15, -0.1) is 0 Å². The molecule has 2 aliphatic heterocycles. The second kappa shape index (κ2) is 8.55. The third-order valence-electron chi connectivity index (χ3n) is 5.53. The van der Waals surface area contributed by atoms with E-state index in [1.807, 2.05) is 5.32 Å². The summed E-state index contributed by atoms with van der Waals surface area (Å²) in [6.07, 6.45) is 1.61. The van der Waals surface area contributed by atoms with Crippen molar-refractivity contribution in [3.8, 4) is 0 Å². The molecule has 0 radical (unpaired) electrons. The maximum Gasteiger partial charge on any atom is 0.321 e. The average Bonchev–Trinajstić information content (AvgIpc) is 3.31. The summed E-state index contributed by atoms with van der Waals surface area (Å²) in [5.74, 6) is -0.738. The minimum atomic E-state index is -0.700. The molecule has 8 nitrogen and oxygen atoms in total. The van der Waals surface area contributed by atoms with Crippen molar-refractivity contribution in [2.45, 2.75) is 25.4 Å². The minimum absolute atomic E-state index is 0.0699. The molecular formula is C22H21FN4O4. The van der Waals surface area contributed by atoms with Gasteiger partial charge < -0.3 is 15.1 Å². The summed E-state index contributed by atoms with van der Waals surface area (Å²) in [6.45, 7) is 1.09. The third kappa shape index (κ3) is 4.25. The minimum Gasteiger partial charge on any atom is -0.332 e. The Hall–Kier alpha value is -3.75. The lowest BCUT2D eigenvalue weighted by atomic mass is 10.1. The largest absolute Gasteiger partial charge is 0.332 e. The van der Waals surface area contributed by atoms with Gasteiger partial charge in [-0.25, -0.2) is 9.18 Å². The molecular weight excluding hydrogens is 403 g/mol. The second-order valence-corrected chi connectivity index (χ2v) is 7.52. The quantitative estimate of drug-likeness (QED) is 0.694. The maximum atomic E-state index is 13.5. The highest BCUT2D eigenvalue weighted by Crippen LogP contribution is 2.28. The van der Waals surface area contributed by atoms with Crippen molar-refractivity contribution in [2.75, 3.05) is 18.0 Å². The van der Waals surface area contributed by atoms with Gasteiger partial charge >= 0.3 is 6.03 Å². The van der Waals surface area contributed by atoms with E-state index in [0.717, 1.165) is 12.1 Å². The first-order valence-electron chi connectivity index (χ1n) is 9.95. The van der Waals surface area contributed by atoms with Crippen LogP contribution in [0.3, 0.4) is 0 Å². The number of carbonyl (C=O) groups excluding carboxylic acids is 4. The molecule has 2 heterocycles. The summed E-state index contributed by atoms with van der Waals surface area (Å²) in [4.78, 5) is 50.5. The van der Waals surface area contributed by atoms with Gasteiger partial charge in [0.2, 0.25) is 12.3 Å². The molecule has 2 aromatic rings. The van der Waals surface area contributed by atoms with E-state index in [4.69, 9.17) is 0 Å². The Balaban J connectivity index is 1.55. The van der Waals surface area contributed by atoms with Crippen LogP contribution in [-0.4, -0.2) is 42.2 Å². The first-order valence-corrected chi connectivity index (χ1v) is 9.95. The average molecular weight is 424 g/mol. The molecule has 0 unspecified atom stereocenters. The number of benzene rings is 2. The number of fused-ring (bicyclic) bond motifs is 1. The molecule has 1 fully saturated rings. The lowest BCUT2D eigenvalue weighted by Crippen LogP contribution is -2.42. The lowest BCUT2D eigenvalue weighted by molar-refractivity contribution is -0.117. The number of imide groups is 1. The van der Waals surface area contributed by atoms with Crippen molar-refractivity contribution in [3.05, 3.63) is 65.0 Å². The molecule has 0 spiro atoms. The Labute approximate surface area is 178 Å². The summed E-state index contributed by atoms with van der Waals surface area (Å²) < 4.78 is 13.5. The van der Waals surface area contributed by atoms with Gasteiger partial charge in [-0.05, 0) is 41.8 Å². The van der Waals surface area contributed by atoms with Gasteiger partial charge in [0.1, 0.15) is 5.82 Å². The van der Waals surface area contributed by atoms with Crippen LogP contribution in [0.5, 0.6) is 0 Å². The van der Waals surface area contributed by atoms with Crippen molar-refractivity contribution < 1.29 is 23.6 Å². The fraction of sp³-hybridized carbons (Fsp3) is 0.273. The van der Waals surface area contributed by atoms with Crippen molar-refractivity contribution in [1.29, 1.82) is 0 Å². The van der Waals surface area contributed by atoms with Crippen molar-refractivity contribution in [3.63, 3.8) is 0 Å². The van der Waals surface area contributed by atoms with E-state index in [-0.39, 0.29) is 24.8 Å². The highest BCUT2D eigenvalue weighted by Gasteiger charge is 2.31. The predicted molar refractivity (Wildman–Crippen MR) is 110 cm³/mol. The number of carbonyl (C=O) groups is 4. The molecule has 160 valence electrons. The number of urea groups is 1. The number of amides is 5. The summed E-state index contributed by atoms with van der Waals surface area (Å²) >= 11 is 0. The number of hydrogen-bond donors (Lipinski definition) is 2. The van der Waals surface area contributed by atoms with Crippen molar-refractivity contribution >= 4 is 29.9 Å². The van der Waals surface area contributed by atoms with Crippen molar-refractivity contribution in [2.24, 2.45) is 0 Å². The maximum absolute atomic E-state index is 13.5. The Bertz CT molecular complexity index is 1040. The molecule has 0 aromatic heterocycles. The van der Waals surface area contributed by atoms with Gasteiger partial charge in [0, 0.05) is 37.3 Å². The highest BCUT2D eigenvalue weighted by atomic mass is 19.1. The van der Waals surface area contributed by atoms with Crippen LogP contribution in [-0.2, 0) is 16.1 Å². The zero-order chi connectivity index (χ0) is 22.0. The van der Waals surface area contributed by atoms with Gasteiger partial charge in [0.15, 0.2) is 0 Å². The van der Waals surface area contributed by atoms with Gasteiger partial charge in [0.25, 0.3) is 5.91 Å². The molecule has 0 bridgehead atoms. The van der Waals surface area contributed by atoms with E-state index in [0.29, 0.717) is 36.2 Å². The van der Waals surface area contributed by atoms with Crippen LogP contribution in [0, 0.1) is 5.82 Å². The Morgan fingerprint density at radius 3 is 2.61 bits per heavy atom. The Morgan fingerprint density at radius 2 is 1.94 bits per heavy atom. The van der Waals surface area contributed by atoms with Crippen LogP contribution in [0.1, 0.15) is 40.4 Å². The SMILES string of the molecule is O=CNC(=O)N[C@@H](CN1Cc2ccc(F)cc2C1=O)c1ccc(N2CCCC2=O)cc1. The smallest absolute Gasteiger partial charge is 0.321 e. The number of nitrogens with zero attached hydrogens (tertiary/aromatic N) is 2. The van der Waals surface area contributed by atoms with Gasteiger partial charge in [-0.2, -0.15) is 0 Å². The summed E-state index contributed by atoms with van der Waals surface area (Å²) in [5, 5.41) is 4.72. The number of nitrogens with one attached hydrogen (secondary N) is 2. The number of halogens is 1. The van der Waals surface area contributed by atoms with E-state index in [9.17, 15) is 23.6 Å². The molecule has 0 aliphatic carbocycles. The molecule has 9 heteroatoms. The first kappa shape index (κ1) is 20.5. The third-order valence-corrected chi connectivity index (χ3v) is 5.53.